The van der Waals surface area contributed by atoms with E-state index < -0.39 is 17.6 Å². The second kappa shape index (κ2) is 10.1. The van der Waals surface area contributed by atoms with E-state index >= 15 is 0 Å². The highest BCUT2D eigenvalue weighted by molar-refractivity contribution is 8.18. The molecule has 0 spiro atoms. The van der Waals surface area contributed by atoms with Crippen molar-refractivity contribution < 1.29 is 29.4 Å². The van der Waals surface area contributed by atoms with Gasteiger partial charge in [0.1, 0.15) is 11.3 Å². The molecule has 2 aromatic rings. The van der Waals surface area contributed by atoms with Gasteiger partial charge in [0.2, 0.25) is 5.91 Å². The number of anilines is 1. The summed E-state index contributed by atoms with van der Waals surface area (Å²) in [4.78, 5) is 49.5. The molecular formula is C23H22N2O6S. The summed E-state index contributed by atoms with van der Waals surface area (Å²) >= 11 is 0.872. The number of nitrogens with zero attached hydrogens (tertiary/aromatic N) is 1. The maximum atomic E-state index is 12.6. The summed E-state index contributed by atoms with van der Waals surface area (Å²) in [6, 6.07) is 11.5. The highest BCUT2D eigenvalue weighted by Crippen LogP contribution is 2.32. The molecule has 1 heterocycles. The summed E-state index contributed by atoms with van der Waals surface area (Å²) in [5.74, 6) is -2.49. The van der Waals surface area contributed by atoms with Gasteiger partial charge < -0.3 is 15.5 Å². The Morgan fingerprint density at radius 1 is 1.12 bits per heavy atom. The molecule has 1 aliphatic rings. The lowest BCUT2D eigenvalue weighted by Crippen LogP contribution is -2.29. The second-order valence-corrected chi connectivity index (χ2v) is 8.11. The van der Waals surface area contributed by atoms with Gasteiger partial charge in [-0.05, 0) is 60.0 Å². The predicted molar refractivity (Wildman–Crippen MR) is 121 cm³/mol. The molecular weight excluding hydrogens is 432 g/mol. The van der Waals surface area contributed by atoms with Gasteiger partial charge >= 0.3 is 5.97 Å². The van der Waals surface area contributed by atoms with Gasteiger partial charge in [0.15, 0.2) is 0 Å². The number of aromatic carboxylic acids is 1. The molecule has 2 aromatic carbocycles. The van der Waals surface area contributed by atoms with Crippen LogP contribution in [0.5, 0.6) is 5.75 Å². The zero-order valence-electron chi connectivity index (χ0n) is 17.3. The van der Waals surface area contributed by atoms with Crippen LogP contribution in [0.4, 0.5) is 10.5 Å². The summed E-state index contributed by atoms with van der Waals surface area (Å²) in [7, 11) is 0. The molecule has 0 unspecified atom stereocenters. The van der Waals surface area contributed by atoms with E-state index in [1.54, 1.807) is 6.08 Å². The zero-order chi connectivity index (χ0) is 23.3. The molecule has 3 N–H and O–H groups in total. The predicted octanol–water partition coefficient (Wildman–Crippen LogP) is 4.11. The number of hydrogen-bond donors (Lipinski definition) is 3. The third kappa shape index (κ3) is 5.55. The first-order chi connectivity index (χ1) is 15.3. The summed E-state index contributed by atoms with van der Waals surface area (Å²) < 4.78 is 0. The fraction of sp³-hybridized carbons (Fsp3) is 0.217. The third-order valence-electron chi connectivity index (χ3n) is 4.86. The van der Waals surface area contributed by atoms with Crippen LogP contribution in [0.3, 0.4) is 0 Å². The molecule has 1 aliphatic heterocycles. The van der Waals surface area contributed by atoms with Gasteiger partial charge in [-0.1, -0.05) is 31.2 Å². The van der Waals surface area contributed by atoms with Gasteiger partial charge in [-0.15, -0.1) is 0 Å². The van der Waals surface area contributed by atoms with Crippen LogP contribution in [0.1, 0.15) is 41.3 Å². The fourth-order valence-corrected chi connectivity index (χ4v) is 3.97. The van der Waals surface area contributed by atoms with E-state index in [0.717, 1.165) is 34.7 Å². The van der Waals surface area contributed by atoms with Gasteiger partial charge in [0.25, 0.3) is 11.1 Å². The molecule has 0 bridgehead atoms. The number of aromatic hydroxyl groups is 1. The first-order valence-electron chi connectivity index (χ1n) is 9.99. The standard InChI is InChI=1S/C23H22N2O6S/c1-2-14-5-7-15(8-6-14)12-19-21(28)25(23(31)32-19)11-3-4-20(27)24-16-9-10-18(26)17(13-16)22(29)30/h5-10,12-13,26H,2-4,11H2,1H3,(H,24,27)(H,29,30)/b19-12-. The maximum Gasteiger partial charge on any atom is 0.339 e. The highest BCUT2D eigenvalue weighted by Gasteiger charge is 2.34. The van der Waals surface area contributed by atoms with E-state index in [9.17, 15) is 24.3 Å². The molecule has 0 saturated carbocycles. The number of thioether (sulfide) groups is 1. The molecule has 32 heavy (non-hydrogen) atoms. The van der Waals surface area contributed by atoms with Crippen LogP contribution in [0.2, 0.25) is 0 Å². The summed E-state index contributed by atoms with van der Waals surface area (Å²) in [5.41, 5.74) is 1.92. The monoisotopic (exact) mass is 454 g/mol. The number of amides is 3. The van der Waals surface area contributed by atoms with Crippen molar-refractivity contribution in [2.45, 2.75) is 26.2 Å². The van der Waals surface area contributed by atoms with Crippen LogP contribution in [0.15, 0.2) is 47.4 Å². The van der Waals surface area contributed by atoms with Gasteiger partial charge in [0.05, 0.1) is 4.91 Å². The minimum absolute atomic E-state index is 0.0303. The number of carbonyl (C=O) groups excluding carboxylic acids is 3. The number of carboxylic acids is 1. The third-order valence-corrected chi connectivity index (χ3v) is 5.76. The Hall–Kier alpha value is -3.59. The Balaban J connectivity index is 1.54. The lowest BCUT2D eigenvalue weighted by molar-refractivity contribution is -0.123. The summed E-state index contributed by atoms with van der Waals surface area (Å²) in [6.07, 6.45) is 2.88. The number of carboxylic acid groups (broad SMARTS) is 1. The molecule has 1 fully saturated rings. The molecule has 8 nitrogen and oxygen atoms in total. The van der Waals surface area contributed by atoms with Crippen LogP contribution in [-0.4, -0.2) is 44.7 Å². The highest BCUT2D eigenvalue weighted by atomic mass is 32.2. The summed E-state index contributed by atoms with van der Waals surface area (Å²) in [6.45, 7) is 2.15. The van der Waals surface area contributed by atoms with E-state index in [1.165, 1.54) is 17.7 Å². The number of aryl methyl sites for hydroxylation is 1. The number of rotatable bonds is 8. The molecule has 0 atom stereocenters. The van der Waals surface area contributed by atoms with Crippen molar-refractivity contribution >= 4 is 46.5 Å². The van der Waals surface area contributed by atoms with Crippen molar-refractivity contribution in [2.75, 3.05) is 11.9 Å². The smallest absolute Gasteiger partial charge is 0.339 e. The normalized spacial score (nSPS) is 14.8. The average molecular weight is 455 g/mol. The molecule has 0 aliphatic carbocycles. The second-order valence-electron chi connectivity index (χ2n) is 7.12. The molecule has 0 aromatic heterocycles. The molecule has 166 valence electrons. The fourth-order valence-electron chi connectivity index (χ4n) is 3.10. The average Bonchev–Trinajstić information content (AvgIpc) is 3.02. The molecule has 0 radical (unpaired) electrons. The summed E-state index contributed by atoms with van der Waals surface area (Å²) in [5, 5.41) is 20.7. The van der Waals surface area contributed by atoms with Crippen molar-refractivity contribution in [3.05, 3.63) is 64.1 Å². The molecule has 9 heteroatoms. The Morgan fingerprint density at radius 3 is 2.50 bits per heavy atom. The van der Waals surface area contributed by atoms with Gasteiger partial charge in [0, 0.05) is 18.7 Å². The van der Waals surface area contributed by atoms with E-state index in [-0.39, 0.29) is 41.8 Å². The van der Waals surface area contributed by atoms with Gasteiger partial charge in [-0.2, -0.15) is 0 Å². The van der Waals surface area contributed by atoms with E-state index in [4.69, 9.17) is 5.11 Å². The first-order valence-corrected chi connectivity index (χ1v) is 10.8. The zero-order valence-corrected chi connectivity index (χ0v) is 18.1. The van der Waals surface area contributed by atoms with Crippen LogP contribution in [-0.2, 0) is 16.0 Å². The van der Waals surface area contributed by atoms with Crippen molar-refractivity contribution in [1.82, 2.24) is 4.90 Å². The number of carbonyl (C=O) groups is 4. The lowest BCUT2D eigenvalue weighted by atomic mass is 10.1. The Morgan fingerprint density at radius 2 is 1.84 bits per heavy atom. The van der Waals surface area contributed by atoms with Crippen LogP contribution in [0, 0.1) is 0 Å². The van der Waals surface area contributed by atoms with Gasteiger partial charge in [-0.3, -0.25) is 19.3 Å². The SMILES string of the molecule is CCc1ccc(/C=C2\SC(=O)N(CCCC(=O)Nc3ccc(O)c(C(=O)O)c3)C2=O)cc1. The van der Waals surface area contributed by atoms with Crippen molar-refractivity contribution in [3.8, 4) is 5.75 Å². The number of hydrogen-bond acceptors (Lipinski definition) is 6. The molecule has 3 amide bonds. The largest absolute Gasteiger partial charge is 0.507 e. The van der Waals surface area contributed by atoms with E-state index in [0.29, 0.717) is 4.91 Å². The first kappa shape index (κ1) is 23.1. The van der Waals surface area contributed by atoms with Crippen LogP contribution < -0.4 is 5.32 Å². The van der Waals surface area contributed by atoms with Crippen LogP contribution in [0.25, 0.3) is 6.08 Å². The quantitative estimate of drug-likeness (QED) is 0.405. The van der Waals surface area contributed by atoms with Crippen LogP contribution >= 0.6 is 11.8 Å². The topological polar surface area (TPSA) is 124 Å². The van der Waals surface area contributed by atoms with E-state index in [1.807, 2.05) is 24.3 Å². The van der Waals surface area contributed by atoms with Crippen molar-refractivity contribution in [1.29, 1.82) is 0 Å². The Bertz CT molecular complexity index is 1090. The van der Waals surface area contributed by atoms with E-state index in [2.05, 4.69) is 12.2 Å². The number of imide groups is 1. The maximum absolute atomic E-state index is 12.6. The number of benzene rings is 2. The number of phenols is 1. The van der Waals surface area contributed by atoms with Gasteiger partial charge in [-0.25, -0.2) is 4.79 Å². The molecule has 3 rings (SSSR count). The minimum atomic E-state index is -1.31. The van der Waals surface area contributed by atoms with Crippen molar-refractivity contribution in [2.24, 2.45) is 0 Å². The number of nitrogens with one attached hydrogen (secondary N) is 1. The Labute approximate surface area is 188 Å². The lowest BCUT2D eigenvalue weighted by Gasteiger charge is -2.12. The molecule has 1 saturated heterocycles. The minimum Gasteiger partial charge on any atom is -0.507 e. The van der Waals surface area contributed by atoms with Crippen molar-refractivity contribution in [3.63, 3.8) is 0 Å². The Kier molecular flexibility index (Phi) is 7.32.